The highest BCUT2D eigenvalue weighted by Crippen LogP contribution is 2.27. The van der Waals surface area contributed by atoms with Crippen molar-refractivity contribution < 1.29 is 9.50 Å². The molecule has 2 aromatic rings. The summed E-state index contributed by atoms with van der Waals surface area (Å²) in [5, 5.41) is 11.0. The highest BCUT2D eigenvalue weighted by atomic mass is 35.5. The van der Waals surface area contributed by atoms with Gasteiger partial charge in [0.2, 0.25) is 0 Å². The summed E-state index contributed by atoms with van der Waals surface area (Å²) in [6.45, 7) is 1.86. The number of rotatable bonds is 3. The van der Waals surface area contributed by atoms with Gasteiger partial charge in [-0.1, -0.05) is 47.0 Å². The molecule has 100 valence electrons. The Kier molecular flexibility index (Phi) is 4.46. The van der Waals surface area contributed by atoms with E-state index in [2.05, 4.69) is 0 Å². The van der Waals surface area contributed by atoms with E-state index in [1.807, 2.05) is 6.92 Å². The third kappa shape index (κ3) is 3.47. The number of hydrogen-bond acceptors (Lipinski definition) is 1. The molecular weight excluding hydrogens is 286 g/mol. The quantitative estimate of drug-likeness (QED) is 0.869. The highest BCUT2D eigenvalue weighted by molar-refractivity contribution is 6.42. The van der Waals surface area contributed by atoms with Crippen LogP contribution < -0.4 is 0 Å². The number of aliphatic hydroxyl groups is 1. The predicted molar refractivity (Wildman–Crippen MR) is 76.3 cm³/mol. The van der Waals surface area contributed by atoms with Gasteiger partial charge in [0, 0.05) is 12.0 Å². The Labute approximate surface area is 121 Å². The normalized spacial score (nSPS) is 12.5. The van der Waals surface area contributed by atoms with E-state index in [1.165, 1.54) is 6.07 Å². The molecule has 0 aromatic heterocycles. The van der Waals surface area contributed by atoms with E-state index < -0.39 is 11.9 Å². The second-order valence-corrected chi connectivity index (χ2v) is 5.31. The lowest BCUT2D eigenvalue weighted by molar-refractivity contribution is 0.173. The lowest BCUT2D eigenvalue weighted by Gasteiger charge is -2.13. The maximum absolute atomic E-state index is 13.7. The number of halogens is 3. The number of benzene rings is 2. The molecule has 0 aliphatic heterocycles. The van der Waals surface area contributed by atoms with Crippen molar-refractivity contribution in [1.29, 1.82) is 0 Å². The summed E-state index contributed by atoms with van der Waals surface area (Å²) in [6.07, 6.45) is -0.616. The first-order valence-corrected chi connectivity index (χ1v) is 6.61. The Morgan fingerprint density at radius 1 is 1.11 bits per heavy atom. The molecule has 0 heterocycles. The summed E-state index contributed by atoms with van der Waals surface area (Å²) in [7, 11) is 0. The van der Waals surface area contributed by atoms with Crippen molar-refractivity contribution in [2.24, 2.45) is 0 Å². The average Bonchev–Trinajstić information content (AvgIpc) is 2.36. The lowest BCUT2D eigenvalue weighted by atomic mass is 9.99. The minimum Gasteiger partial charge on any atom is -0.388 e. The molecule has 0 amide bonds. The Balaban J connectivity index is 2.22. The molecule has 0 saturated heterocycles. The van der Waals surface area contributed by atoms with E-state index in [9.17, 15) is 9.50 Å². The van der Waals surface area contributed by atoms with Gasteiger partial charge in [0.25, 0.3) is 0 Å². The van der Waals surface area contributed by atoms with Crippen LogP contribution in [0, 0.1) is 12.7 Å². The fourth-order valence-corrected chi connectivity index (χ4v) is 2.24. The summed E-state index contributed by atoms with van der Waals surface area (Å²) in [4.78, 5) is 0. The van der Waals surface area contributed by atoms with Crippen LogP contribution in [-0.4, -0.2) is 5.11 Å². The van der Waals surface area contributed by atoms with Gasteiger partial charge in [-0.05, 0) is 30.7 Å². The van der Waals surface area contributed by atoms with Crippen molar-refractivity contribution in [2.75, 3.05) is 0 Å². The van der Waals surface area contributed by atoms with Gasteiger partial charge >= 0.3 is 0 Å². The first-order chi connectivity index (χ1) is 8.97. The molecule has 0 saturated carbocycles. The van der Waals surface area contributed by atoms with Gasteiger partial charge in [-0.2, -0.15) is 0 Å². The average molecular weight is 299 g/mol. The van der Waals surface area contributed by atoms with Gasteiger partial charge in [0.05, 0.1) is 16.1 Å². The van der Waals surface area contributed by atoms with Crippen LogP contribution in [0.25, 0.3) is 0 Å². The Hall–Kier alpha value is -1.09. The Morgan fingerprint density at radius 3 is 2.53 bits per heavy atom. The standard InChI is InChI=1S/C15H13Cl2FO/c1-9-2-5-14(18)11(6-9)15(19)8-10-3-4-12(16)13(17)7-10/h2-7,15,19H,8H2,1H3. The third-order valence-electron chi connectivity index (χ3n) is 2.92. The second-order valence-electron chi connectivity index (χ2n) is 4.49. The van der Waals surface area contributed by atoms with Crippen LogP contribution >= 0.6 is 23.2 Å². The zero-order valence-electron chi connectivity index (χ0n) is 10.3. The molecule has 4 heteroatoms. The van der Waals surface area contributed by atoms with Crippen LogP contribution in [0.4, 0.5) is 4.39 Å². The van der Waals surface area contributed by atoms with Crippen molar-refractivity contribution in [3.05, 3.63) is 69.0 Å². The van der Waals surface area contributed by atoms with Gasteiger partial charge in [0.1, 0.15) is 5.82 Å². The van der Waals surface area contributed by atoms with E-state index in [0.29, 0.717) is 15.6 Å². The molecule has 0 radical (unpaired) electrons. The zero-order chi connectivity index (χ0) is 14.0. The summed E-state index contributed by atoms with van der Waals surface area (Å²) >= 11 is 11.7. The SMILES string of the molecule is Cc1ccc(F)c(C(O)Cc2ccc(Cl)c(Cl)c2)c1. The molecular formula is C15H13Cl2FO. The molecule has 0 fully saturated rings. The minimum absolute atomic E-state index is 0.289. The van der Waals surface area contributed by atoms with Gasteiger partial charge in [-0.25, -0.2) is 4.39 Å². The third-order valence-corrected chi connectivity index (χ3v) is 3.66. The van der Waals surface area contributed by atoms with Crippen LogP contribution in [-0.2, 0) is 6.42 Å². The van der Waals surface area contributed by atoms with Crippen LogP contribution in [0.2, 0.25) is 10.0 Å². The molecule has 1 atom stereocenters. The summed E-state index contributed by atoms with van der Waals surface area (Å²) in [6, 6.07) is 9.80. The molecule has 1 N–H and O–H groups in total. The molecule has 0 aliphatic carbocycles. The molecule has 0 spiro atoms. The fourth-order valence-electron chi connectivity index (χ4n) is 1.92. The van der Waals surface area contributed by atoms with Crippen molar-refractivity contribution in [1.82, 2.24) is 0 Å². The maximum Gasteiger partial charge on any atom is 0.129 e. The summed E-state index contributed by atoms with van der Waals surface area (Å²) in [5.41, 5.74) is 2.01. The van der Waals surface area contributed by atoms with Gasteiger partial charge in [-0.15, -0.1) is 0 Å². The first-order valence-electron chi connectivity index (χ1n) is 5.85. The molecule has 0 aliphatic rings. The fraction of sp³-hybridized carbons (Fsp3) is 0.200. The van der Waals surface area contributed by atoms with Crippen LogP contribution in [0.3, 0.4) is 0 Å². The molecule has 2 aromatic carbocycles. The number of aliphatic hydroxyl groups excluding tert-OH is 1. The van der Waals surface area contributed by atoms with Crippen LogP contribution in [0.5, 0.6) is 0 Å². The van der Waals surface area contributed by atoms with Crippen molar-refractivity contribution >= 4 is 23.2 Å². The Bertz CT molecular complexity index is 599. The summed E-state index contributed by atoms with van der Waals surface area (Å²) < 4.78 is 13.7. The van der Waals surface area contributed by atoms with Gasteiger partial charge < -0.3 is 5.11 Å². The van der Waals surface area contributed by atoms with Gasteiger partial charge in [-0.3, -0.25) is 0 Å². The zero-order valence-corrected chi connectivity index (χ0v) is 11.8. The highest BCUT2D eigenvalue weighted by Gasteiger charge is 2.14. The van der Waals surface area contributed by atoms with Crippen molar-refractivity contribution in [3.63, 3.8) is 0 Å². The van der Waals surface area contributed by atoms with Crippen LogP contribution in [0.1, 0.15) is 22.8 Å². The van der Waals surface area contributed by atoms with Gasteiger partial charge in [0.15, 0.2) is 0 Å². The van der Waals surface area contributed by atoms with E-state index >= 15 is 0 Å². The van der Waals surface area contributed by atoms with E-state index in [0.717, 1.165) is 11.1 Å². The molecule has 1 unspecified atom stereocenters. The smallest absolute Gasteiger partial charge is 0.129 e. The monoisotopic (exact) mass is 298 g/mol. The second kappa shape index (κ2) is 5.91. The molecule has 2 rings (SSSR count). The van der Waals surface area contributed by atoms with E-state index in [-0.39, 0.29) is 6.42 Å². The number of hydrogen-bond donors (Lipinski definition) is 1. The maximum atomic E-state index is 13.7. The molecule has 19 heavy (non-hydrogen) atoms. The first kappa shape index (κ1) is 14.3. The molecule has 1 nitrogen and oxygen atoms in total. The van der Waals surface area contributed by atoms with E-state index in [1.54, 1.807) is 30.3 Å². The lowest BCUT2D eigenvalue weighted by Crippen LogP contribution is -2.05. The van der Waals surface area contributed by atoms with E-state index in [4.69, 9.17) is 23.2 Å². The van der Waals surface area contributed by atoms with Crippen molar-refractivity contribution in [3.8, 4) is 0 Å². The largest absolute Gasteiger partial charge is 0.388 e. The molecule has 0 bridgehead atoms. The van der Waals surface area contributed by atoms with Crippen LogP contribution in [0.15, 0.2) is 36.4 Å². The number of aryl methyl sites for hydroxylation is 1. The predicted octanol–water partition coefficient (Wildman–Crippen LogP) is 4.72. The Morgan fingerprint density at radius 2 is 1.84 bits per heavy atom. The topological polar surface area (TPSA) is 20.2 Å². The minimum atomic E-state index is -0.905. The summed E-state index contributed by atoms with van der Waals surface area (Å²) in [5.74, 6) is -0.404. The van der Waals surface area contributed by atoms with Crippen molar-refractivity contribution in [2.45, 2.75) is 19.4 Å².